The van der Waals surface area contributed by atoms with Gasteiger partial charge in [-0.15, -0.1) is 34.0 Å². The molecule has 17 rings (SSSR count). The third-order valence-electron chi connectivity index (χ3n) is 21.7. The molecule has 0 spiro atoms. The lowest BCUT2D eigenvalue weighted by atomic mass is 9.87. The fourth-order valence-corrected chi connectivity index (χ4v) is 15.6. The van der Waals surface area contributed by atoms with Crippen molar-refractivity contribution in [1.82, 2.24) is 59.8 Å². The molecule has 0 saturated heterocycles. The topological polar surface area (TPSA) is 173 Å². The number of benzene rings is 5. The minimum Gasteiger partial charge on any atom is -0.454 e. The molecule has 1 aliphatic rings. The van der Waals surface area contributed by atoms with Crippen molar-refractivity contribution in [3.05, 3.63) is 382 Å². The van der Waals surface area contributed by atoms with Crippen LogP contribution in [-0.2, 0) is 70.4 Å². The third-order valence-corrected chi connectivity index (χ3v) is 25.4. The summed E-state index contributed by atoms with van der Waals surface area (Å²) in [5, 5.41) is 8.25. The molecule has 0 N–H and O–H groups in total. The summed E-state index contributed by atoms with van der Waals surface area (Å²) in [6.07, 6.45) is 25.1. The first-order chi connectivity index (χ1) is 65.7. The summed E-state index contributed by atoms with van der Waals surface area (Å²) < 4.78 is 13.2. The summed E-state index contributed by atoms with van der Waals surface area (Å²) in [5.41, 5.74) is 17.2. The zero-order chi connectivity index (χ0) is 106. The van der Waals surface area contributed by atoms with E-state index >= 15 is 0 Å². The van der Waals surface area contributed by atoms with Crippen molar-refractivity contribution in [2.75, 3.05) is 6.79 Å². The van der Waals surface area contributed by atoms with Gasteiger partial charge in [0.25, 0.3) is 0 Å². The maximum absolute atomic E-state index is 5.31. The molecule has 0 amide bonds. The standard InChI is InChI=1S/C13H15N.C12H14S.C11H13NS.C11H14O2.C10H14.4C9H13N.3C8H12N2.C8H12S/c1-13(2,3)12-9-8-10-6-4-5-7-11(10)14-12;1-12(2,3)10-8-13-11-7-5-4-6-9(10)11;1-11(2,3)10-12-8-6-4-5-7-9(8)13-10;1-11(2,3)8-4-5-9-10(6-8)13-7-12-9;1-10(2,3)9-7-5-4-6-8-9;1-9(2,3)8-4-6-10-7-5-8;1-9(2,3)8-5-4-6-10-7-8;2*1-9(2,3)8-6-4-5-7-10-8;1-8(2,3)7-4-9-6-10-5-7;1-8(2,3)7-6-9-4-5-10-7;1-8(2,3)7-9-5-4-6-10-7;1-8(2,3)7-5-4-6-9-7/h4-9H,1-3H3;4-8H,1-3H3;4-7H,1-3H3;4-6H,7H2,1-3H3;4-8H,1-3H3;4*4-7H,1-3H3;3*4-6H,1-3H3;4-6H,1-3H3. The van der Waals surface area contributed by atoms with Gasteiger partial charge in [0, 0.05) is 145 Å². The van der Waals surface area contributed by atoms with Crippen molar-refractivity contribution in [3.8, 4) is 11.5 Å². The van der Waals surface area contributed by atoms with Crippen LogP contribution < -0.4 is 9.47 Å². The van der Waals surface area contributed by atoms with Gasteiger partial charge in [-0.1, -0.05) is 385 Å². The molecule has 0 saturated carbocycles. The van der Waals surface area contributed by atoms with Crippen LogP contribution in [0.25, 0.3) is 31.2 Å². The smallest absolute Gasteiger partial charge is 0.231 e. The van der Waals surface area contributed by atoms with E-state index in [1.165, 1.54) is 63.4 Å². The molecule has 17 heteroatoms. The van der Waals surface area contributed by atoms with Crippen molar-refractivity contribution in [2.24, 2.45) is 0 Å². The van der Waals surface area contributed by atoms with E-state index in [1.807, 2.05) is 127 Å². The summed E-state index contributed by atoms with van der Waals surface area (Å²) in [6, 6.07) is 72.4. The van der Waals surface area contributed by atoms with Gasteiger partial charge in [-0.05, 0) is 184 Å². The molecule has 142 heavy (non-hydrogen) atoms. The van der Waals surface area contributed by atoms with Crippen molar-refractivity contribution >= 4 is 65.2 Å². The van der Waals surface area contributed by atoms with Gasteiger partial charge in [0.1, 0.15) is 12.2 Å². The Hall–Kier alpha value is -11.5. The molecule has 0 unspecified atom stereocenters. The Morgan fingerprint density at radius 2 is 0.718 bits per heavy atom. The summed E-state index contributed by atoms with van der Waals surface area (Å²) in [4.78, 5) is 51.6. The van der Waals surface area contributed by atoms with Crippen molar-refractivity contribution in [3.63, 3.8) is 0 Å². The Labute approximate surface area is 868 Å². The summed E-state index contributed by atoms with van der Waals surface area (Å²) in [5.74, 6) is 2.62. The summed E-state index contributed by atoms with van der Waals surface area (Å²) >= 11 is 5.46. The van der Waals surface area contributed by atoms with E-state index in [4.69, 9.17) is 9.47 Å². The van der Waals surface area contributed by atoms with Crippen LogP contribution >= 0.6 is 34.0 Å². The maximum atomic E-state index is 5.31. The molecule has 16 aromatic rings. The first-order valence-electron chi connectivity index (χ1n) is 49.4. The highest BCUT2D eigenvalue weighted by Gasteiger charge is 2.25. The van der Waals surface area contributed by atoms with Crippen LogP contribution in [0.1, 0.15) is 342 Å². The van der Waals surface area contributed by atoms with Crippen molar-refractivity contribution in [1.29, 1.82) is 0 Å². The first-order valence-corrected chi connectivity index (χ1v) is 52.0. The predicted octanol–water partition coefficient (Wildman–Crippen LogP) is 34.9. The van der Waals surface area contributed by atoms with Crippen LogP contribution in [0.5, 0.6) is 11.5 Å². The second-order valence-electron chi connectivity index (χ2n) is 48.4. The van der Waals surface area contributed by atoms with Gasteiger partial charge in [-0.25, -0.2) is 24.9 Å². The molecular formula is C125H170N12O2S3. The van der Waals surface area contributed by atoms with Gasteiger partial charge in [0.05, 0.1) is 26.4 Å². The normalized spacial score (nSPS) is 12.0. The van der Waals surface area contributed by atoms with Crippen LogP contribution in [0.15, 0.2) is 310 Å². The van der Waals surface area contributed by atoms with Crippen LogP contribution in [0, 0.1) is 0 Å². The lowest BCUT2D eigenvalue weighted by Crippen LogP contribution is -2.14. The second-order valence-corrected chi connectivity index (χ2v) is 51.3. The highest BCUT2D eigenvalue weighted by molar-refractivity contribution is 7.18. The molecule has 1 aliphatic heterocycles. The highest BCUT2D eigenvalue weighted by Crippen LogP contribution is 2.39. The monoisotopic (exact) mass is 1970 g/mol. The Bertz CT molecular complexity index is 5530. The fourth-order valence-electron chi connectivity index (χ4n) is 12.6. The average Bonchev–Trinajstić information content (AvgIpc) is 1.64. The molecular weight excluding hydrogens is 1800 g/mol. The third kappa shape index (κ3) is 45.0. The van der Waals surface area contributed by atoms with E-state index in [1.54, 1.807) is 54.8 Å². The number of nitrogens with zero attached hydrogens (tertiary/aromatic N) is 12. The SMILES string of the molecule is CC(C)(C)c1ccc2c(c1)OCO2.CC(C)(C)c1ccc2ccccc2n1.CC(C)(C)c1ccccc1.CC(C)(C)c1ccccn1.CC(C)(C)c1ccccn1.CC(C)(C)c1cccnc1.CC(C)(C)c1cccs1.CC(C)(C)c1ccncc1.CC(C)(C)c1cnccn1.CC(C)(C)c1cncnc1.CC(C)(C)c1csc2ccccc12.CC(C)(C)c1nc2ccccc2s1.CC(C)(C)c1ncccn1. The number of hydrogen-bond acceptors (Lipinski definition) is 17. The van der Waals surface area contributed by atoms with E-state index in [-0.39, 0.29) is 59.6 Å². The van der Waals surface area contributed by atoms with E-state index < -0.39 is 0 Å². The van der Waals surface area contributed by atoms with Gasteiger partial charge in [0.15, 0.2) is 11.5 Å². The van der Waals surface area contributed by atoms with Crippen LogP contribution in [-0.4, -0.2) is 66.6 Å². The molecule has 0 atom stereocenters. The fraction of sp³-hybridized carbons (Fsp3) is 0.424. The number of ether oxygens (including phenoxy) is 2. The van der Waals surface area contributed by atoms with E-state index in [0.29, 0.717) is 17.6 Å². The van der Waals surface area contributed by atoms with Gasteiger partial charge < -0.3 is 9.47 Å². The van der Waals surface area contributed by atoms with E-state index in [0.717, 1.165) is 51.1 Å². The Kier molecular flexibility index (Phi) is 46.2. The number of fused-ring (bicyclic) bond motifs is 4. The number of pyridine rings is 5. The summed E-state index contributed by atoms with van der Waals surface area (Å²) in [6.45, 7) is 85.4. The zero-order valence-electron chi connectivity index (χ0n) is 93.6. The quantitative estimate of drug-likeness (QED) is 0.140. The van der Waals surface area contributed by atoms with Gasteiger partial charge in [-0.3, -0.25) is 34.9 Å². The minimum absolute atomic E-state index is 0.0707. The Morgan fingerprint density at radius 3 is 1.12 bits per heavy atom. The molecule has 0 bridgehead atoms. The van der Waals surface area contributed by atoms with Crippen LogP contribution in [0.4, 0.5) is 0 Å². The summed E-state index contributed by atoms with van der Waals surface area (Å²) in [7, 11) is 0. The molecule has 0 fully saturated rings. The minimum atomic E-state index is 0.0707. The van der Waals surface area contributed by atoms with Crippen molar-refractivity contribution < 1.29 is 9.47 Å². The zero-order valence-corrected chi connectivity index (χ0v) is 96.0. The number of aromatic nitrogens is 12. The highest BCUT2D eigenvalue weighted by atomic mass is 32.1. The first kappa shape index (κ1) is 121. The van der Waals surface area contributed by atoms with E-state index in [9.17, 15) is 0 Å². The number of hydrogen-bond donors (Lipinski definition) is 0. The van der Waals surface area contributed by atoms with Crippen LogP contribution in [0.2, 0.25) is 0 Å². The van der Waals surface area contributed by atoms with Gasteiger partial charge in [0.2, 0.25) is 6.79 Å². The maximum Gasteiger partial charge on any atom is 0.231 e. The molecule has 14 nitrogen and oxygen atoms in total. The molecule has 0 aliphatic carbocycles. The van der Waals surface area contributed by atoms with Gasteiger partial charge >= 0.3 is 0 Å². The Morgan fingerprint density at radius 1 is 0.254 bits per heavy atom. The Balaban J connectivity index is 0.000000272. The molecule has 5 aromatic carbocycles. The van der Waals surface area contributed by atoms with Crippen molar-refractivity contribution in [2.45, 2.75) is 340 Å². The lowest BCUT2D eigenvalue weighted by molar-refractivity contribution is 0.174. The second kappa shape index (κ2) is 54.3. The van der Waals surface area contributed by atoms with Crippen LogP contribution in [0.3, 0.4) is 0 Å². The lowest BCUT2D eigenvalue weighted by Gasteiger charge is -2.18. The number of thiophene rings is 2. The predicted molar refractivity (Wildman–Crippen MR) is 613 cm³/mol. The van der Waals surface area contributed by atoms with E-state index in [2.05, 4.69) is 492 Å². The number of rotatable bonds is 0. The molecule has 11 aromatic heterocycles. The molecule has 0 radical (unpaired) electrons. The molecule has 760 valence electrons. The number of thiazole rings is 1. The van der Waals surface area contributed by atoms with Gasteiger partial charge in [-0.2, -0.15) is 0 Å². The average molecular weight is 1970 g/mol. The largest absolute Gasteiger partial charge is 0.454 e. The number of para-hydroxylation sites is 2. The molecule has 12 heterocycles.